The molecule has 0 aliphatic heterocycles. The van der Waals surface area contributed by atoms with Crippen LogP contribution in [0, 0.1) is 11.2 Å². The van der Waals surface area contributed by atoms with Gasteiger partial charge in [0, 0.05) is 0 Å². The molecule has 2 aliphatic rings. The van der Waals surface area contributed by atoms with Crippen LogP contribution in [-0.2, 0) is 11.0 Å². The lowest BCUT2D eigenvalue weighted by atomic mass is 9.74. The van der Waals surface area contributed by atoms with Gasteiger partial charge >= 0.3 is 12.1 Å². The van der Waals surface area contributed by atoms with E-state index in [1.54, 1.807) is 0 Å². The maximum atomic E-state index is 15.6. The van der Waals surface area contributed by atoms with Gasteiger partial charge in [0.2, 0.25) is 0 Å². The number of aliphatic carboxylic acids is 1. The fourth-order valence-corrected chi connectivity index (χ4v) is 5.85. The molecular weight excluding hydrogens is 553 g/mol. The van der Waals surface area contributed by atoms with Crippen LogP contribution in [0.4, 0.5) is 22.0 Å². The maximum absolute atomic E-state index is 15.6. The highest BCUT2D eigenvalue weighted by atomic mass is 19.4. The molecule has 0 radical (unpaired) electrons. The number of ketones is 1. The zero-order valence-corrected chi connectivity index (χ0v) is 22.8. The third kappa shape index (κ3) is 6.23. The first-order valence-electron chi connectivity index (χ1n) is 13.4. The molecule has 2 aromatic rings. The Labute approximate surface area is 233 Å². The topological polar surface area (TPSA) is 102 Å². The van der Waals surface area contributed by atoms with Gasteiger partial charge in [-0.1, -0.05) is 18.9 Å². The minimum absolute atomic E-state index is 0.0593. The van der Waals surface area contributed by atoms with E-state index in [1.807, 2.05) is 0 Å². The Morgan fingerprint density at radius 3 is 2.34 bits per heavy atom. The Bertz CT molecular complexity index is 1310. The molecule has 2 aliphatic carbocycles. The van der Waals surface area contributed by atoms with Crippen LogP contribution in [-0.4, -0.2) is 63.3 Å². The van der Waals surface area contributed by atoms with Crippen molar-refractivity contribution in [1.82, 2.24) is 14.7 Å². The molecule has 41 heavy (non-hydrogen) atoms. The summed E-state index contributed by atoms with van der Waals surface area (Å²) in [5.41, 5.74) is -5.72. The second-order valence-electron chi connectivity index (χ2n) is 11.2. The summed E-state index contributed by atoms with van der Waals surface area (Å²) in [6.45, 7) is -0.00851. The summed E-state index contributed by atoms with van der Waals surface area (Å²) in [6, 6.07) is 2.81. The lowest BCUT2D eigenvalue weighted by Crippen LogP contribution is -2.45. The minimum atomic E-state index is -5.04. The molecule has 2 fully saturated rings. The molecule has 224 valence electrons. The minimum Gasteiger partial charge on any atom is -0.496 e. The third-order valence-corrected chi connectivity index (χ3v) is 8.28. The van der Waals surface area contributed by atoms with Crippen molar-refractivity contribution in [2.75, 3.05) is 20.2 Å². The van der Waals surface area contributed by atoms with Gasteiger partial charge in [0.15, 0.2) is 11.5 Å². The van der Waals surface area contributed by atoms with Crippen LogP contribution < -0.4 is 4.74 Å². The Hall–Kier alpha value is -3.51. The van der Waals surface area contributed by atoms with Gasteiger partial charge in [0.1, 0.15) is 17.2 Å². The average molecular weight is 586 g/mol. The predicted molar refractivity (Wildman–Crippen MR) is 136 cm³/mol. The van der Waals surface area contributed by atoms with E-state index < -0.39 is 76.7 Å². The fourth-order valence-electron chi connectivity index (χ4n) is 5.85. The highest BCUT2D eigenvalue weighted by molar-refractivity contribution is 6.04. The number of hydrogen-bond donors (Lipinski definition) is 1. The first-order chi connectivity index (χ1) is 19.2. The number of Topliss-reactive ketones (excluding diaryl/α,β-unsaturated/α-hetero) is 1. The number of amides is 1. The Morgan fingerprint density at radius 2 is 1.78 bits per heavy atom. The van der Waals surface area contributed by atoms with Crippen molar-refractivity contribution < 1.29 is 46.2 Å². The van der Waals surface area contributed by atoms with E-state index in [9.17, 15) is 37.1 Å². The van der Waals surface area contributed by atoms with Crippen molar-refractivity contribution in [2.24, 2.45) is 5.41 Å². The summed E-state index contributed by atoms with van der Waals surface area (Å²) in [5, 5.41) is 13.3. The van der Waals surface area contributed by atoms with Crippen LogP contribution in [0.3, 0.4) is 0 Å². The summed E-state index contributed by atoms with van der Waals surface area (Å²) in [5.74, 6) is -4.35. The number of carbonyl (C=O) groups is 3. The number of halogens is 5. The van der Waals surface area contributed by atoms with Gasteiger partial charge in [-0.05, 0) is 57.6 Å². The lowest BCUT2D eigenvalue weighted by Gasteiger charge is -2.34. The monoisotopic (exact) mass is 585 g/mol. The molecule has 0 unspecified atom stereocenters. The van der Waals surface area contributed by atoms with Crippen molar-refractivity contribution in [3.63, 3.8) is 0 Å². The number of aromatic nitrogens is 2. The van der Waals surface area contributed by atoms with Crippen LogP contribution in [0.5, 0.6) is 5.75 Å². The van der Waals surface area contributed by atoms with Gasteiger partial charge < -0.3 is 14.7 Å². The summed E-state index contributed by atoms with van der Waals surface area (Å²) in [7, 11) is 1.21. The van der Waals surface area contributed by atoms with Crippen molar-refractivity contribution in [3.05, 3.63) is 47.0 Å². The SMILES string of the molecule is COc1cccc(F)c1C(=O)CN(CC1(F)CCCC1)C(=O)c1cnn([C@H]2CC[C@](C)(C(=O)O)CC2)c1C(F)(F)F. The van der Waals surface area contributed by atoms with Crippen LogP contribution in [0.25, 0.3) is 0 Å². The van der Waals surface area contributed by atoms with Crippen LogP contribution in [0.1, 0.15) is 90.7 Å². The smallest absolute Gasteiger partial charge is 0.433 e. The second-order valence-corrected chi connectivity index (χ2v) is 11.2. The lowest BCUT2D eigenvalue weighted by molar-refractivity contribution is -0.152. The zero-order chi connectivity index (χ0) is 30.2. The number of methoxy groups -OCH3 is 1. The molecule has 4 rings (SSSR count). The number of rotatable bonds is 9. The number of carboxylic acid groups (broad SMARTS) is 1. The van der Waals surface area contributed by atoms with Crippen molar-refractivity contribution in [3.8, 4) is 5.75 Å². The van der Waals surface area contributed by atoms with Gasteiger partial charge in [0.25, 0.3) is 5.91 Å². The van der Waals surface area contributed by atoms with Gasteiger partial charge in [-0.15, -0.1) is 0 Å². The largest absolute Gasteiger partial charge is 0.496 e. The second kappa shape index (κ2) is 11.4. The molecule has 0 saturated heterocycles. The highest BCUT2D eigenvalue weighted by Crippen LogP contribution is 2.44. The normalized spacial score (nSPS) is 22.4. The summed E-state index contributed by atoms with van der Waals surface area (Å²) >= 11 is 0. The van der Waals surface area contributed by atoms with Gasteiger partial charge in [-0.25, -0.2) is 8.78 Å². The molecule has 0 atom stereocenters. The molecule has 8 nitrogen and oxygen atoms in total. The number of alkyl halides is 4. The summed E-state index contributed by atoms with van der Waals surface area (Å²) < 4.78 is 79.2. The number of carbonyl (C=O) groups excluding carboxylic acids is 2. The number of carboxylic acids is 1. The van der Waals surface area contributed by atoms with Gasteiger partial charge in [-0.3, -0.25) is 19.1 Å². The van der Waals surface area contributed by atoms with E-state index in [4.69, 9.17) is 4.74 Å². The Kier molecular flexibility index (Phi) is 8.47. The number of nitrogens with zero attached hydrogens (tertiary/aromatic N) is 3. The molecule has 0 spiro atoms. The van der Waals surface area contributed by atoms with E-state index in [0.717, 1.165) is 12.3 Å². The Balaban J connectivity index is 1.69. The summed E-state index contributed by atoms with van der Waals surface area (Å²) in [4.78, 5) is 39.2. The van der Waals surface area contributed by atoms with Crippen molar-refractivity contribution in [1.29, 1.82) is 0 Å². The Morgan fingerprint density at radius 1 is 1.15 bits per heavy atom. The van der Waals surface area contributed by atoms with Crippen molar-refractivity contribution in [2.45, 2.75) is 76.2 Å². The van der Waals surface area contributed by atoms with Crippen LogP contribution in [0.2, 0.25) is 0 Å². The number of hydrogen-bond acceptors (Lipinski definition) is 5. The first kappa shape index (κ1) is 30.4. The summed E-state index contributed by atoms with van der Waals surface area (Å²) in [6.07, 6.45) is -2.75. The molecule has 1 aromatic heterocycles. The molecule has 2 saturated carbocycles. The van der Waals surface area contributed by atoms with Crippen LogP contribution in [0.15, 0.2) is 24.4 Å². The molecular formula is C28H32F5N3O5. The van der Waals surface area contributed by atoms with E-state index >= 15 is 4.39 Å². The highest BCUT2D eigenvalue weighted by Gasteiger charge is 2.46. The number of benzene rings is 1. The quantitative estimate of drug-likeness (QED) is 0.292. The maximum Gasteiger partial charge on any atom is 0.433 e. The van der Waals surface area contributed by atoms with Gasteiger partial charge in [0.05, 0.1) is 49.0 Å². The standard InChI is InChI=1S/C28H32F5N3O5/c1-26(25(39)40)12-8-17(9-13-26)36-23(28(31,32)33)18(14-34-36)24(38)35(16-27(30)10-3-4-11-27)15-20(37)22-19(29)6-5-7-21(22)41-2/h5-7,14,17H,3-4,8-13,15-16H2,1-2H3,(H,39,40)/t17-,26-. The molecule has 1 heterocycles. The predicted octanol–water partition coefficient (Wildman–Crippen LogP) is 5.86. The number of ether oxygens (including phenoxy) is 1. The molecule has 0 bridgehead atoms. The van der Waals surface area contributed by atoms with E-state index in [2.05, 4.69) is 5.10 Å². The van der Waals surface area contributed by atoms with E-state index in [-0.39, 0.29) is 44.3 Å². The fraction of sp³-hybridized carbons (Fsp3) is 0.571. The molecule has 13 heteroatoms. The van der Waals surface area contributed by atoms with Gasteiger partial charge in [-0.2, -0.15) is 18.3 Å². The molecule has 1 N–H and O–H groups in total. The van der Waals surface area contributed by atoms with E-state index in [1.165, 1.54) is 26.2 Å². The third-order valence-electron chi connectivity index (χ3n) is 8.28. The van der Waals surface area contributed by atoms with Crippen molar-refractivity contribution >= 4 is 17.7 Å². The van der Waals surface area contributed by atoms with Crippen LogP contribution >= 0.6 is 0 Å². The first-order valence-corrected chi connectivity index (χ1v) is 13.4. The molecule has 1 amide bonds. The zero-order valence-electron chi connectivity index (χ0n) is 22.8. The van der Waals surface area contributed by atoms with E-state index in [0.29, 0.717) is 22.4 Å². The average Bonchev–Trinajstić information content (AvgIpc) is 3.55. The molecule has 1 aromatic carbocycles.